The molecule has 0 saturated carbocycles. The summed E-state index contributed by atoms with van der Waals surface area (Å²) in [5.41, 5.74) is 1.76. The summed E-state index contributed by atoms with van der Waals surface area (Å²) < 4.78 is 0. The average molecular weight is 270 g/mol. The number of para-hydroxylation sites is 1. The van der Waals surface area contributed by atoms with Gasteiger partial charge >= 0.3 is 0 Å². The second-order valence-electron chi connectivity index (χ2n) is 6.12. The number of piperidine rings is 1. The lowest BCUT2D eigenvalue weighted by atomic mass is 9.86. The maximum Gasteiger partial charge on any atom is 0.255 e. The largest absolute Gasteiger partial charge is 0.361 e. The van der Waals surface area contributed by atoms with Crippen molar-refractivity contribution in [2.24, 2.45) is 11.8 Å². The molecule has 1 saturated heterocycles. The molecule has 20 heavy (non-hydrogen) atoms. The van der Waals surface area contributed by atoms with E-state index in [1.165, 1.54) is 0 Å². The van der Waals surface area contributed by atoms with E-state index < -0.39 is 0 Å². The van der Waals surface area contributed by atoms with Crippen LogP contribution in [0, 0.1) is 11.8 Å². The molecule has 3 nitrogen and oxygen atoms in total. The minimum absolute atomic E-state index is 0.167. The van der Waals surface area contributed by atoms with Crippen LogP contribution in [-0.4, -0.2) is 28.9 Å². The highest BCUT2D eigenvalue weighted by atomic mass is 16.2. The first-order valence-electron chi connectivity index (χ1n) is 7.52. The Labute approximate surface area is 120 Å². The fourth-order valence-corrected chi connectivity index (χ4v) is 3.20. The molecule has 0 atom stereocenters. The molecule has 1 aliphatic heterocycles. The second-order valence-corrected chi connectivity index (χ2v) is 6.12. The molecule has 3 heteroatoms. The number of H-pyrrole nitrogens is 1. The molecule has 0 bridgehead atoms. The van der Waals surface area contributed by atoms with Gasteiger partial charge in [-0.1, -0.05) is 26.0 Å². The fraction of sp³-hybridized carbons (Fsp3) is 0.471. The van der Waals surface area contributed by atoms with Gasteiger partial charge in [0.15, 0.2) is 0 Å². The number of amides is 1. The molecule has 1 aliphatic rings. The van der Waals surface area contributed by atoms with Crippen molar-refractivity contribution in [1.82, 2.24) is 9.88 Å². The normalized spacial score (nSPS) is 17.1. The highest BCUT2D eigenvalue weighted by Gasteiger charge is 2.26. The first-order chi connectivity index (χ1) is 9.66. The topological polar surface area (TPSA) is 36.1 Å². The van der Waals surface area contributed by atoms with Crippen molar-refractivity contribution in [2.75, 3.05) is 13.1 Å². The van der Waals surface area contributed by atoms with Crippen LogP contribution in [0.4, 0.5) is 0 Å². The van der Waals surface area contributed by atoms with Crippen molar-refractivity contribution in [3.05, 3.63) is 36.0 Å². The van der Waals surface area contributed by atoms with Crippen LogP contribution in [0.25, 0.3) is 10.9 Å². The maximum absolute atomic E-state index is 12.7. The van der Waals surface area contributed by atoms with Gasteiger partial charge in [0.05, 0.1) is 11.1 Å². The summed E-state index contributed by atoms with van der Waals surface area (Å²) in [6.07, 6.45) is 4.15. The minimum Gasteiger partial charge on any atom is -0.361 e. The van der Waals surface area contributed by atoms with E-state index in [-0.39, 0.29) is 5.91 Å². The van der Waals surface area contributed by atoms with Gasteiger partial charge in [0.25, 0.3) is 5.91 Å². The lowest BCUT2D eigenvalue weighted by Gasteiger charge is -2.34. The molecule has 0 spiro atoms. The minimum atomic E-state index is 0.167. The molecule has 1 N–H and O–H groups in total. The number of nitrogens with zero attached hydrogens (tertiary/aromatic N) is 1. The van der Waals surface area contributed by atoms with Gasteiger partial charge in [0.2, 0.25) is 0 Å². The second kappa shape index (κ2) is 5.31. The number of nitrogens with one attached hydrogen (secondary N) is 1. The van der Waals surface area contributed by atoms with Crippen LogP contribution in [0.15, 0.2) is 30.5 Å². The zero-order valence-electron chi connectivity index (χ0n) is 12.2. The van der Waals surface area contributed by atoms with Gasteiger partial charge in [-0.3, -0.25) is 4.79 Å². The number of carbonyl (C=O) groups excluding carboxylic acids is 1. The molecule has 1 aromatic carbocycles. The van der Waals surface area contributed by atoms with Crippen LogP contribution in [0.2, 0.25) is 0 Å². The monoisotopic (exact) mass is 270 g/mol. The van der Waals surface area contributed by atoms with E-state index in [1.54, 1.807) is 0 Å². The first-order valence-corrected chi connectivity index (χ1v) is 7.52. The number of hydrogen-bond acceptors (Lipinski definition) is 1. The summed E-state index contributed by atoms with van der Waals surface area (Å²) in [5.74, 6) is 1.65. The summed E-state index contributed by atoms with van der Waals surface area (Å²) in [6.45, 7) is 6.33. The van der Waals surface area contributed by atoms with E-state index in [9.17, 15) is 4.79 Å². The summed E-state index contributed by atoms with van der Waals surface area (Å²) >= 11 is 0. The molecule has 2 heterocycles. The number of hydrogen-bond donors (Lipinski definition) is 1. The van der Waals surface area contributed by atoms with Crippen molar-refractivity contribution < 1.29 is 4.79 Å². The van der Waals surface area contributed by atoms with Gasteiger partial charge < -0.3 is 9.88 Å². The summed E-state index contributed by atoms with van der Waals surface area (Å²) in [6, 6.07) is 7.94. The number of likely N-dealkylation sites (tertiary alicyclic amines) is 1. The molecule has 106 valence electrons. The summed E-state index contributed by atoms with van der Waals surface area (Å²) in [5, 5.41) is 1.10. The number of aromatic nitrogens is 1. The van der Waals surface area contributed by atoms with Crippen LogP contribution in [0.1, 0.15) is 37.0 Å². The molecular formula is C17H22N2O. The molecule has 2 aromatic rings. The molecular weight excluding hydrogens is 248 g/mol. The number of fused-ring (bicyclic) bond motifs is 1. The predicted octanol–water partition coefficient (Wildman–Crippen LogP) is 3.68. The zero-order valence-corrected chi connectivity index (χ0v) is 12.2. The SMILES string of the molecule is CC(C)C1CCN(C(=O)c2cccc3cc[nH]c23)CC1. The van der Waals surface area contributed by atoms with Crippen LogP contribution in [-0.2, 0) is 0 Å². The maximum atomic E-state index is 12.7. The van der Waals surface area contributed by atoms with Crippen LogP contribution in [0.3, 0.4) is 0 Å². The van der Waals surface area contributed by atoms with Crippen LogP contribution < -0.4 is 0 Å². The van der Waals surface area contributed by atoms with Gasteiger partial charge in [0, 0.05) is 24.7 Å². The van der Waals surface area contributed by atoms with E-state index in [1.807, 2.05) is 35.4 Å². The van der Waals surface area contributed by atoms with Crippen molar-refractivity contribution in [3.8, 4) is 0 Å². The zero-order chi connectivity index (χ0) is 14.1. The van der Waals surface area contributed by atoms with E-state index >= 15 is 0 Å². The Balaban J connectivity index is 1.78. The lowest BCUT2D eigenvalue weighted by molar-refractivity contribution is 0.0669. The molecule has 1 fully saturated rings. The van der Waals surface area contributed by atoms with Crippen LogP contribution in [0.5, 0.6) is 0 Å². The Bertz CT molecular complexity index is 606. The fourth-order valence-electron chi connectivity index (χ4n) is 3.20. The van der Waals surface area contributed by atoms with E-state index in [4.69, 9.17) is 0 Å². The van der Waals surface area contributed by atoms with E-state index in [0.717, 1.165) is 54.2 Å². The molecule has 0 aliphatic carbocycles. The van der Waals surface area contributed by atoms with Gasteiger partial charge in [0.1, 0.15) is 0 Å². The van der Waals surface area contributed by atoms with Crippen LogP contribution >= 0.6 is 0 Å². The third kappa shape index (κ3) is 2.33. The smallest absolute Gasteiger partial charge is 0.255 e. The number of rotatable bonds is 2. The van der Waals surface area contributed by atoms with Gasteiger partial charge in [-0.05, 0) is 36.8 Å². The third-order valence-corrected chi connectivity index (χ3v) is 4.59. The van der Waals surface area contributed by atoms with Crippen molar-refractivity contribution in [1.29, 1.82) is 0 Å². The Hall–Kier alpha value is -1.77. The van der Waals surface area contributed by atoms with Gasteiger partial charge in [-0.15, -0.1) is 0 Å². The quantitative estimate of drug-likeness (QED) is 0.888. The highest BCUT2D eigenvalue weighted by Crippen LogP contribution is 2.26. The Morgan fingerprint density at radius 2 is 2.00 bits per heavy atom. The first kappa shape index (κ1) is 13.2. The molecule has 0 unspecified atom stereocenters. The summed E-state index contributed by atoms with van der Waals surface area (Å²) in [4.78, 5) is 17.9. The molecule has 0 radical (unpaired) electrons. The standard InChI is InChI=1S/C17H22N2O/c1-12(2)13-7-10-19(11-8-13)17(20)15-5-3-4-14-6-9-18-16(14)15/h3-6,9,12-13,18H,7-8,10-11H2,1-2H3. The number of carbonyl (C=O) groups is 1. The lowest BCUT2D eigenvalue weighted by Crippen LogP contribution is -2.39. The average Bonchev–Trinajstić information content (AvgIpc) is 2.95. The van der Waals surface area contributed by atoms with Crippen molar-refractivity contribution in [3.63, 3.8) is 0 Å². The summed E-state index contributed by atoms with van der Waals surface area (Å²) in [7, 11) is 0. The number of benzene rings is 1. The predicted molar refractivity (Wildman–Crippen MR) is 81.8 cm³/mol. The molecule has 1 aromatic heterocycles. The van der Waals surface area contributed by atoms with E-state index in [0.29, 0.717) is 0 Å². The third-order valence-electron chi connectivity index (χ3n) is 4.59. The number of aromatic amines is 1. The van der Waals surface area contributed by atoms with Gasteiger partial charge in [-0.25, -0.2) is 0 Å². The molecule has 1 amide bonds. The van der Waals surface area contributed by atoms with Crippen molar-refractivity contribution >= 4 is 16.8 Å². The Morgan fingerprint density at radius 3 is 2.70 bits per heavy atom. The van der Waals surface area contributed by atoms with E-state index in [2.05, 4.69) is 18.8 Å². The highest BCUT2D eigenvalue weighted by molar-refractivity contribution is 6.05. The Kier molecular flexibility index (Phi) is 3.51. The van der Waals surface area contributed by atoms with Gasteiger partial charge in [-0.2, -0.15) is 0 Å². The Morgan fingerprint density at radius 1 is 1.25 bits per heavy atom. The van der Waals surface area contributed by atoms with Crippen molar-refractivity contribution in [2.45, 2.75) is 26.7 Å². The molecule has 3 rings (SSSR count).